The first-order valence-electron chi connectivity index (χ1n) is 5.86. The minimum absolute atomic E-state index is 0.331. The van der Waals surface area contributed by atoms with Gasteiger partial charge in [0, 0.05) is 11.6 Å². The minimum atomic E-state index is -0.390. The zero-order chi connectivity index (χ0) is 14.8. The predicted molar refractivity (Wildman–Crippen MR) is 84.6 cm³/mol. The first-order chi connectivity index (χ1) is 10.2. The summed E-state index contributed by atoms with van der Waals surface area (Å²) >= 11 is 13.4. The Balaban J connectivity index is 1.78. The summed E-state index contributed by atoms with van der Waals surface area (Å²) in [5.41, 5.74) is 3.37. The fourth-order valence-corrected chi connectivity index (χ4v) is 2.96. The highest BCUT2D eigenvalue weighted by molar-refractivity contribution is 7.15. The van der Waals surface area contributed by atoms with Crippen molar-refractivity contribution in [2.45, 2.75) is 0 Å². The minimum Gasteiger partial charge on any atom is -0.288 e. The molecule has 2 aromatic heterocycles. The maximum atomic E-state index is 11.9. The molecular weight excluding hydrogens is 331 g/mol. The van der Waals surface area contributed by atoms with Gasteiger partial charge in [0.15, 0.2) is 10.1 Å². The van der Waals surface area contributed by atoms with E-state index in [0.717, 1.165) is 4.96 Å². The Morgan fingerprint density at radius 3 is 3.00 bits per heavy atom. The highest BCUT2D eigenvalue weighted by Crippen LogP contribution is 2.19. The Bertz CT molecular complexity index is 840. The van der Waals surface area contributed by atoms with Crippen LogP contribution in [0.4, 0.5) is 0 Å². The van der Waals surface area contributed by atoms with Crippen molar-refractivity contribution in [1.29, 1.82) is 0 Å². The fourth-order valence-electron chi connectivity index (χ4n) is 1.75. The molecule has 0 aliphatic rings. The average molecular weight is 339 g/mol. The second-order valence-electron chi connectivity index (χ2n) is 4.02. The van der Waals surface area contributed by atoms with Gasteiger partial charge in [-0.3, -0.25) is 9.20 Å². The molecule has 0 saturated carbocycles. The number of aromatic nitrogens is 2. The Labute approximate surface area is 133 Å². The first-order valence-corrected chi connectivity index (χ1v) is 7.49. The third-order valence-corrected chi connectivity index (χ3v) is 4.09. The second-order valence-corrected chi connectivity index (χ2v) is 5.66. The van der Waals surface area contributed by atoms with E-state index in [1.165, 1.54) is 17.6 Å². The van der Waals surface area contributed by atoms with Crippen LogP contribution < -0.4 is 5.43 Å². The van der Waals surface area contributed by atoms with Crippen LogP contribution >= 0.6 is 34.5 Å². The molecule has 1 amide bonds. The van der Waals surface area contributed by atoms with Gasteiger partial charge in [0.1, 0.15) is 5.69 Å². The normalized spacial score (nSPS) is 11.3. The van der Waals surface area contributed by atoms with Gasteiger partial charge >= 0.3 is 0 Å². The zero-order valence-corrected chi connectivity index (χ0v) is 12.8. The number of nitrogens with zero attached hydrogens (tertiary/aromatic N) is 3. The molecule has 0 spiro atoms. The standard InChI is InChI=1S/C13H8Cl2N4OS/c14-9-4-2-1-3-8(9)12(20)18-16-7-10-11(15)17-13-19(10)5-6-21-13/h1-7H,(H,18,20)/b16-7-. The van der Waals surface area contributed by atoms with Crippen molar-refractivity contribution >= 4 is 51.6 Å². The van der Waals surface area contributed by atoms with E-state index in [0.29, 0.717) is 21.4 Å². The van der Waals surface area contributed by atoms with E-state index in [9.17, 15) is 4.79 Å². The number of hydrazone groups is 1. The molecule has 2 heterocycles. The number of fused-ring (bicyclic) bond motifs is 1. The van der Waals surface area contributed by atoms with E-state index in [2.05, 4.69) is 15.5 Å². The molecule has 0 aliphatic carbocycles. The van der Waals surface area contributed by atoms with Crippen molar-refractivity contribution in [3.05, 3.63) is 57.3 Å². The van der Waals surface area contributed by atoms with Crippen LogP contribution in [0.25, 0.3) is 4.96 Å². The van der Waals surface area contributed by atoms with Gasteiger partial charge in [-0.15, -0.1) is 11.3 Å². The van der Waals surface area contributed by atoms with Crippen LogP contribution in [0.5, 0.6) is 0 Å². The van der Waals surface area contributed by atoms with Crippen LogP contribution in [0, 0.1) is 0 Å². The summed E-state index contributed by atoms with van der Waals surface area (Å²) in [7, 11) is 0. The fraction of sp³-hybridized carbons (Fsp3) is 0. The summed E-state index contributed by atoms with van der Waals surface area (Å²) < 4.78 is 1.79. The molecule has 0 fully saturated rings. The molecule has 8 heteroatoms. The van der Waals surface area contributed by atoms with Crippen molar-refractivity contribution in [2.24, 2.45) is 5.10 Å². The van der Waals surface area contributed by atoms with Gasteiger partial charge in [-0.25, -0.2) is 10.4 Å². The number of thiazole rings is 1. The van der Waals surface area contributed by atoms with E-state index in [1.807, 2.05) is 11.6 Å². The van der Waals surface area contributed by atoms with Crippen LogP contribution in [-0.4, -0.2) is 21.5 Å². The SMILES string of the molecule is O=C(N/N=C\c1c(Cl)nc2sccn12)c1ccccc1Cl. The highest BCUT2D eigenvalue weighted by atomic mass is 35.5. The van der Waals surface area contributed by atoms with Crippen molar-refractivity contribution < 1.29 is 4.79 Å². The van der Waals surface area contributed by atoms with Gasteiger partial charge in [0.05, 0.1) is 16.8 Å². The van der Waals surface area contributed by atoms with Crippen LogP contribution in [-0.2, 0) is 0 Å². The Morgan fingerprint density at radius 2 is 2.19 bits per heavy atom. The summed E-state index contributed by atoms with van der Waals surface area (Å²) in [6.07, 6.45) is 3.28. The molecule has 106 valence electrons. The number of benzene rings is 1. The largest absolute Gasteiger partial charge is 0.288 e. The molecule has 0 atom stereocenters. The van der Waals surface area contributed by atoms with E-state index in [1.54, 1.807) is 28.7 Å². The molecule has 5 nitrogen and oxygen atoms in total. The molecule has 0 unspecified atom stereocenters. The number of hydrogen-bond acceptors (Lipinski definition) is 4. The van der Waals surface area contributed by atoms with E-state index in [4.69, 9.17) is 23.2 Å². The molecule has 0 saturated heterocycles. The van der Waals surface area contributed by atoms with Crippen molar-refractivity contribution in [3.8, 4) is 0 Å². The molecule has 21 heavy (non-hydrogen) atoms. The van der Waals surface area contributed by atoms with Crippen molar-refractivity contribution in [3.63, 3.8) is 0 Å². The highest BCUT2D eigenvalue weighted by Gasteiger charge is 2.10. The smallest absolute Gasteiger partial charge is 0.272 e. The number of carbonyl (C=O) groups is 1. The van der Waals surface area contributed by atoms with Gasteiger partial charge < -0.3 is 0 Å². The number of imidazole rings is 1. The third kappa shape index (κ3) is 2.78. The summed E-state index contributed by atoms with van der Waals surface area (Å²) in [6.45, 7) is 0. The summed E-state index contributed by atoms with van der Waals surface area (Å²) in [4.78, 5) is 16.9. The van der Waals surface area contributed by atoms with Crippen LogP contribution in [0.3, 0.4) is 0 Å². The Kier molecular flexibility index (Phi) is 3.92. The quantitative estimate of drug-likeness (QED) is 0.587. The van der Waals surface area contributed by atoms with Gasteiger partial charge in [-0.1, -0.05) is 35.3 Å². The molecule has 0 bridgehead atoms. The molecular formula is C13H8Cl2N4OS. The molecule has 1 N–H and O–H groups in total. The van der Waals surface area contributed by atoms with Crippen LogP contribution in [0.1, 0.15) is 16.1 Å². The lowest BCUT2D eigenvalue weighted by atomic mass is 10.2. The lowest BCUT2D eigenvalue weighted by Crippen LogP contribution is -2.18. The Morgan fingerprint density at radius 1 is 1.38 bits per heavy atom. The van der Waals surface area contributed by atoms with Crippen molar-refractivity contribution in [2.75, 3.05) is 0 Å². The topological polar surface area (TPSA) is 58.8 Å². The maximum absolute atomic E-state index is 11.9. The molecule has 0 aliphatic heterocycles. The van der Waals surface area contributed by atoms with Gasteiger partial charge in [-0.2, -0.15) is 5.10 Å². The van der Waals surface area contributed by atoms with E-state index >= 15 is 0 Å². The van der Waals surface area contributed by atoms with Crippen LogP contribution in [0.15, 0.2) is 40.9 Å². The number of carbonyl (C=O) groups excluding carboxylic acids is 1. The Hall–Kier alpha value is -1.89. The predicted octanol–water partition coefficient (Wildman–Crippen LogP) is 3.47. The van der Waals surface area contributed by atoms with Gasteiger partial charge in [0.25, 0.3) is 5.91 Å². The van der Waals surface area contributed by atoms with Gasteiger partial charge in [-0.05, 0) is 12.1 Å². The zero-order valence-electron chi connectivity index (χ0n) is 10.5. The summed E-state index contributed by atoms with van der Waals surface area (Å²) in [6, 6.07) is 6.74. The van der Waals surface area contributed by atoms with E-state index in [-0.39, 0.29) is 5.91 Å². The number of amides is 1. The third-order valence-electron chi connectivity index (χ3n) is 2.73. The van der Waals surface area contributed by atoms with Gasteiger partial charge in [0.2, 0.25) is 0 Å². The molecule has 3 rings (SSSR count). The summed E-state index contributed by atoms with van der Waals surface area (Å²) in [5.74, 6) is -0.390. The average Bonchev–Trinajstić information content (AvgIpc) is 3.01. The molecule has 3 aromatic rings. The summed E-state index contributed by atoms with van der Waals surface area (Å²) in [5, 5.41) is 6.48. The van der Waals surface area contributed by atoms with Crippen molar-refractivity contribution in [1.82, 2.24) is 14.8 Å². The second kappa shape index (κ2) is 5.85. The number of nitrogens with one attached hydrogen (secondary N) is 1. The first kappa shape index (κ1) is 14.1. The molecule has 0 radical (unpaired) electrons. The monoisotopic (exact) mass is 338 g/mol. The molecule has 1 aromatic carbocycles. The van der Waals surface area contributed by atoms with E-state index < -0.39 is 0 Å². The van der Waals surface area contributed by atoms with Crippen LogP contribution in [0.2, 0.25) is 10.2 Å². The lowest BCUT2D eigenvalue weighted by molar-refractivity contribution is 0.0955. The number of hydrogen-bond donors (Lipinski definition) is 1. The number of halogens is 2. The maximum Gasteiger partial charge on any atom is 0.272 e. The lowest BCUT2D eigenvalue weighted by Gasteiger charge is -2.01. The number of rotatable bonds is 3.